The molecule has 140 valence electrons. The number of hydrogen-bond acceptors (Lipinski definition) is 5. The van der Waals surface area contributed by atoms with Crippen LogP contribution in [-0.4, -0.2) is 20.2 Å². The third-order valence-corrected chi connectivity index (χ3v) is 4.26. The molecule has 0 saturated carbocycles. The number of nitrogens with zero attached hydrogens (tertiary/aromatic N) is 3. The van der Waals surface area contributed by atoms with Crippen LogP contribution in [0.1, 0.15) is 16.8 Å². The summed E-state index contributed by atoms with van der Waals surface area (Å²) in [5.41, 5.74) is 5.08. The molecule has 0 fully saturated rings. The predicted molar refractivity (Wildman–Crippen MR) is 107 cm³/mol. The molecule has 28 heavy (non-hydrogen) atoms. The molecule has 0 saturated heterocycles. The Morgan fingerprint density at radius 2 is 1.57 bits per heavy atom. The minimum Gasteiger partial charge on any atom is -0.439 e. The van der Waals surface area contributed by atoms with Gasteiger partial charge in [-0.25, -0.2) is 4.98 Å². The Morgan fingerprint density at radius 3 is 2.29 bits per heavy atom. The number of ether oxygens (including phenoxy) is 2. The van der Waals surface area contributed by atoms with Crippen molar-refractivity contribution in [2.45, 2.75) is 20.8 Å². The summed E-state index contributed by atoms with van der Waals surface area (Å²) in [6, 6.07) is 17.0. The highest BCUT2D eigenvalue weighted by atomic mass is 16.5. The molecule has 0 atom stereocenters. The molecule has 0 aliphatic carbocycles. The minimum atomic E-state index is 0.420. The topological polar surface area (TPSA) is 72.9 Å². The van der Waals surface area contributed by atoms with Crippen LogP contribution in [0.3, 0.4) is 0 Å². The highest BCUT2D eigenvalue weighted by Crippen LogP contribution is 2.32. The van der Waals surface area contributed by atoms with Gasteiger partial charge in [0.1, 0.15) is 5.75 Å². The first kappa shape index (κ1) is 17.7. The molecule has 1 N–H and O–H groups in total. The van der Waals surface area contributed by atoms with Crippen LogP contribution in [0.2, 0.25) is 0 Å². The molecule has 0 unspecified atom stereocenters. The SMILES string of the molecule is Cc1cc(-c2cc(Oc3cccc(Oc4ccccn4)n3)c(C)cc2C)n[nH]1. The second-order valence-corrected chi connectivity index (χ2v) is 6.55. The van der Waals surface area contributed by atoms with E-state index in [-0.39, 0.29) is 0 Å². The number of aryl methyl sites for hydroxylation is 3. The third kappa shape index (κ3) is 3.86. The number of nitrogens with one attached hydrogen (secondary N) is 1. The fourth-order valence-corrected chi connectivity index (χ4v) is 2.91. The molecule has 0 aliphatic rings. The maximum absolute atomic E-state index is 6.06. The van der Waals surface area contributed by atoms with E-state index in [4.69, 9.17) is 9.47 Å². The Hall–Kier alpha value is -3.67. The Kier molecular flexibility index (Phi) is 4.76. The van der Waals surface area contributed by atoms with Crippen LogP contribution in [0.5, 0.6) is 23.4 Å². The largest absolute Gasteiger partial charge is 0.439 e. The number of benzene rings is 1. The van der Waals surface area contributed by atoms with Crippen LogP contribution < -0.4 is 9.47 Å². The molecular weight excluding hydrogens is 352 g/mol. The Morgan fingerprint density at radius 1 is 0.786 bits per heavy atom. The van der Waals surface area contributed by atoms with Crippen molar-refractivity contribution in [2.75, 3.05) is 0 Å². The van der Waals surface area contributed by atoms with Gasteiger partial charge in [-0.3, -0.25) is 5.10 Å². The summed E-state index contributed by atoms with van der Waals surface area (Å²) in [5.74, 6) is 2.08. The number of aromatic amines is 1. The lowest BCUT2D eigenvalue weighted by Gasteiger charge is -2.12. The lowest BCUT2D eigenvalue weighted by molar-refractivity contribution is 0.416. The van der Waals surface area contributed by atoms with E-state index in [0.29, 0.717) is 17.6 Å². The van der Waals surface area contributed by atoms with E-state index in [9.17, 15) is 0 Å². The fraction of sp³-hybridized carbons (Fsp3) is 0.136. The number of rotatable bonds is 5. The van der Waals surface area contributed by atoms with Crippen LogP contribution in [0.25, 0.3) is 11.3 Å². The first-order valence-corrected chi connectivity index (χ1v) is 8.96. The van der Waals surface area contributed by atoms with Crippen molar-refractivity contribution in [2.24, 2.45) is 0 Å². The summed E-state index contributed by atoms with van der Waals surface area (Å²) in [7, 11) is 0. The van der Waals surface area contributed by atoms with Gasteiger partial charge in [0.15, 0.2) is 0 Å². The smallest absolute Gasteiger partial charge is 0.224 e. The molecule has 0 bridgehead atoms. The van der Waals surface area contributed by atoms with E-state index in [1.165, 1.54) is 0 Å². The van der Waals surface area contributed by atoms with Crippen LogP contribution in [0, 0.1) is 20.8 Å². The molecular formula is C22H20N4O2. The summed E-state index contributed by atoms with van der Waals surface area (Å²) in [5, 5.41) is 7.35. The van der Waals surface area contributed by atoms with Gasteiger partial charge in [0.25, 0.3) is 0 Å². The van der Waals surface area contributed by atoms with Gasteiger partial charge in [0.05, 0.1) is 5.69 Å². The Bertz CT molecular complexity index is 1110. The third-order valence-electron chi connectivity index (χ3n) is 4.26. The standard InChI is InChI=1S/C22H20N4O2/c1-14-11-15(2)19(13-17(14)18-12-16(3)25-26-18)27-21-8-6-9-22(24-21)28-20-7-4-5-10-23-20/h4-13H,1-3H3,(H,25,26). The van der Waals surface area contributed by atoms with Gasteiger partial charge in [0, 0.05) is 35.7 Å². The molecule has 3 heterocycles. The summed E-state index contributed by atoms with van der Waals surface area (Å²) < 4.78 is 11.7. The highest BCUT2D eigenvalue weighted by Gasteiger charge is 2.12. The molecule has 4 aromatic rings. The Balaban J connectivity index is 1.61. The van der Waals surface area contributed by atoms with Gasteiger partial charge in [-0.2, -0.15) is 10.1 Å². The zero-order valence-electron chi connectivity index (χ0n) is 15.9. The van der Waals surface area contributed by atoms with Gasteiger partial charge in [-0.1, -0.05) is 18.2 Å². The lowest BCUT2D eigenvalue weighted by atomic mass is 10.0. The van der Waals surface area contributed by atoms with Crippen molar-refractivity contribution in [3.05, 3.63) is 77.6 Å². The van der Waals surface area contributed by atoms with E-state index in [0.717, 1.165) is 33.8 Å². The van der Waals surface area contributed by atoms with Crippen LogP contribution >= 0.6 is 0 Å². The molecule has 0 amide bonds. The fourth-order valence-electron chi connectivity index (χ4n) is 2.91. The van der Waals surface area contributed by atoms with E-state index >= 15 is 0 Å². The van der Waals surface area contributed by atoms with Crippen molar-refractivity contribution < 1.29 is 9.47 Å². The molecule has 0 spiro atoms. The van der Waals surface area contributed by atoms with Crippen LogP contribution in [-0.2, 0) is 0 Å². The zero-order valence-corrected chi connectivity index (χ0v) is 15.9. The zero-order chi connectivity index (χ0) is 19.5. The number of pyridine rings is 2. The van der Waals surface area contributed by atoms with Crippen molar-refractivity contribution in [3.63, 3.8) is 0 Å². The Labute approximate surface area is 163 Å². The summed E-state index contributed by atoms with van der Waals surface area (Å²) in [4.78, 5) is 8.57. The molecule has 4 rings (SSSR count). The van der Waals surface area contributed by atoms with Gasteiger partial charge in [-0.15, -0.1) is 0 Å². The minimum absolute atomic E-state index is 0.420. The van der Waals surface area contributed by atoms with Gasteiger partial charge in [0.2, 0.25) is 17.6 Å². The second kappa shape index (κ2) is 7.52. The van der Waals surface area contributed by atoms with Crippen molar-refractivity contribution in [1.29, 1.82) is 0 Å². The maximum atomic E-state index is 6.06. The quantitative estimate of drug-likeness (QED) is 0.509. The normalized spacial score (nSPS) is 10.7. The van der Waals surface area contributed by atoms with E-state index in [2.05, 4.69) is 33.2 Å². The molecule has 3 aromatic heterocycles. The number of H-pyrrole nitrogens is 1. The van der Waals surface area contributed by atoms with Gasteiger partial charge < -0.3 is 9.47 Å². The summed E-state index contributed by atoms with van der Waals surface area (Å²) >= 11 is 0. The van der Waals surface area contributed by atoms with E-state index < -0.39 is 0 Å². The van der Waals surface area contributed by atoms with Gasteiger partial charge >= 0.3 is 0 Å². The van der Waals surface area contributed by atoms with Crippen LogP contribution in [0.15, 0.2) is 60.8 Å². The summed E-state index contributed by atoms with van der Waals surface area (Å²) in [6.45, 7) is 6.06. The van der Waals surface area contributed by atoms with Crippen molar-refractivity contribution >= 4 is 0 Å². The lowest BCUT2D eigenvalue weighted by Crippen LogP contribution is -1.95. The van der Waals surface area contributed by atoms with Crippen molar-refractivity contribution in [3.8, 4) is 34.6 Å². The van der Waals surface area contributed by atoms with Crippen LogP contribution in [0.4, 0.5) is 0 Å². The average molecular weight is 372 g/mol. The van der Waals surface area contributed by atoms with E-state index in [1.54, 1.807) is 24.4 Å². The predicted octanol–water partition coefficient (Wildman–Crippen LogP) is 5.38. The first-order chi connectivity index (χ1) is 13.6. The van der Waals surface area contributed by atoms with E-state index in [1.807, 2.05) is 44.2 Å². The second-order valence-electron chi connectivity index (χ2n) is 6.55. The highest BCUT2D eigenvalue weighted by molar-refractivity contribution is 5.67. The summed E-state index contributed by atoms with van der Waals surface area (Å²) in [6.07, 6.45) is 1.67. The first-order valence-electron chi connectivity index (χ1n) is 8.96. The van der Waals surface area contributed by atoms with Gasteiger partial charge in [-0.05, 0) is 50.1 Å². The molecule has 6 nitrogen and oxygen atoms in total. The molecule has 1 aromatic carbocycles. The molecule has 6 heteroatoms. The number of aromatic nitrogens is 4. The average Bonchev–Trinajstić information content (AvgIpc) is 3.11. The molecule has 0 radical (unpaired) electrons. The maximum Gasteiger partial charge on any atom is 0.224 e. The van der Waals surface area contributed by atoms with Crippen molar-refractivity contribution in [1.82, 2.24) is 20.2 Å². The monoisotopic (exact) mass is 372 g/mol. The molecule has 0 aliphatic heterocycles. The number of hydrogen-bond donors (Lipinski definition) is 1.